The highest BCUT2D eigenvalue weighted by Crippen LogP contribution is 2.34. The molecule has 3 N–H and O–H groups in total. The van der Waals surface area contributed by atoms with Gasteiger partial charge in [-0.05, 0) is 43.2 Å². The van der Waals surface area contributed by atoms with Gasteiger partial charge in [0.25, 0.3) is 0 Å². The van der Waals surface area contributed by atoms with Crippen LogP contribution in [0.3, 0.4) is 0 Å². The number of ether oxygens (including phenoxy) is 1. The zero-order chi connectivity index (χ0) is 15.3. The SMILES string of the molecule is CC1(C)CCC(NC(=O)CCOc2cccc(N)c2)CC1. The topological polar surface area (TPSA) is 64.3 Å². The molecule has 0 radical (unpaired) electrons. The van der Waals surface area contributed by atoms with Crippen LogP contribution in [0.2, 0.25) is 0 Å². The summed E-state index contributed by atoms with van der Waals surface area (Å²) in [5.74, 6) is 0.783. The van der Waals surface area contributed by atoms with Gasteiger partial charge in [-0.25, -0.2) is 0 Å². The minimum atomic E-state index is 0.0728. The van der Waals surface area contributed by atoms with Crippen LogP contribution in [-0.4, -0.2) is 18.6 Å². The molecule has 1 fully saturated rings. The number of nitrogens with two attached hydrogens (primary N) is 1. The number of hydrogen-bond donors (Lipinski definition) is 2. The Morgan fingerprint density at radius 1 is 1.38 bits per heavy atom. The third-order valence-electron chi connectivity index (χ3n) is 4.16. The smallest absolute Gasteiger partial charge is 0.223 e. The molecule has 21 heavy (non-hydrogen) atoms. The number of carbonyl (C=O) groups excluding carboxylic acids is 1. The minimum absolute atomic E-state index is 0.0728. The molecule has 0 aromatic heterocycles. The molecule has 1 aromatic carbocycles. The number of amides is 1. The molecule has 0 bridgehead atoms. The summed E-state index contributed by atoms with van der Waals surface area (Å²) < 4.78 is 5.54. The lowest BCUT2D eigenvalue weighted by molar-refractivity contribution is -0.122. The summed E-state index contributed by atoms with van der Waals surface area (Å²) in [7, 11) is 0. The molecule has 116 valence electrons. The lowest BCUT2D eigenvalue weighted by Crippen LogP contribution is -2.39. The van der Waals surface area contributed by atoms with E-state index in [4.69, 9.17) is 10.5 Å². The first-order valence-electron chi connectivity index (χ1n) is 7.72. The Balaban J connectivity index is 1.66. The van der Waals surface area contributed by atoms with Crippen molar-refractivity contribution in [3.8, 4) is 5.75 Å². The highest BCUT2D eigenvalue weighted by molar-refractivity contribution is 5.76. The molecule has 0 heterocycles. The second-order valence-corrected chi connectivity index (χ2v) is 6.68. The summed E-state index contributed by atoms with van der Waals surface area (Å²) in [4.78, 5) is 11.9. The first-order valence-corrected chi connectivity index (χ1v) is 7.72. The lowest BCUT2D eigenvalue weighted by Gasteiger charge is -2.34. The molecule has 0 atom stereocenters. The molecule has 0 saturated heterocycles. The summed E-state index contributed by atoms with van der Waals surface area (Å²) >= 11 is 0. The van der Waals surface area contributed by atoms with Gasteiger partial charge in [-0.2, -0.15) is 0 Å². The van der Waals surface area contributed by atoms with Gasteiger partial charge in [0.1, 0.15) is 5.75 Å². The van der Waals surface area contributed by atoms with Crippen LogP contribution in [0.1, 0.15) is 46.0 Å². The quantitative estimate of drug-likeness (QED) is 0.819. The number of nitrogens with one attached hydrogen (secondary N) is 1. The standard InChI is InChI=1S/C17H26N2O2/c1-17(2)9-6-14(7-10-17)19-16(20)8-11-21-15-5-3-4-13(18)12-15/h3-5,12,14H,6-11,18H2,1-2H3,(H,19,20). The summed E-state index contributed by atoms with van der Waals surface area (Å²) in [6, 6.07) is 7.59. The van der Waals surface area contributed by atoms with Crippen molar-refractivity contribution >= 4 is 11.6 Å². The van der Waals surface area contributed by atoms with E-state index in [-0.39, 0.29) is 5.91 Å². The van der Waals surface area contributed by atoms with Crippen molar-refractivity contribution in [1.29, 1.82) is 0 Å². The Kier molecular flexibility index (Phi) is 5.10. The van der Waals surface area contributed by atoms with Gasteiger partial charge in [-0.15, -0.1) is 0 Å². The van der Waals surface area contributed by atoms with Gasteiger partial charge in [0.15, 0.2) is 0 Å². The van der Waals surface area contributed by atoms with Crippen molar-refractivity contribution in [2.24, 2.45) is 5.41 Å². The van der Waals surface area contributed by atoms with E-state index in [1.165, 1.54) is 12.8 Å². The third-order valence-corrected chi connectivity index (χ3v) is 4.16. The summed E-state index contributed by atoms with van der Waals surface area (Å²) in [5, 5.41) is 3.11. The Hall–Kier alpha value is -1.71. The first kappa shape index (κ1) is 15.7. The van der Waals surface area contributed by atoms with Crippen molar-refractivity contribution in [3.05, 3.63) is 24.3 Å². The van der Waals surface area contributed by atoms with Crippen LogP contribution in [0, 0.1) is 5.41 Å². The second kappa shape index (κ2) is 6.83. The van der Waals surface area contributed by atoms with E-state index in [1.54, 1.807) is 6.07 Å². The average Bonchev–Trinajstić information content (AvgIpc) is 2.41. The van der Waals surface area contributed by atoms with Gasteiger partial charge in [-0.1, -0.05) is 19.9 Å². The fraction of sp³-hybridized carbons (Fsp3) is 0.588. The predicted molar refractivity (Wildman–Crippen MR) is 85.1 cm³/mol. The van der Waals surface area contributed by atoms with E-state index in [1.807, 2.05) is 18.2 Å². The normalized spacial score (nSPS) is 18.2. The highest BCUT2D eigenvalue weighted by atomic mass is 16.5. The van der Waals surface area contributed by atoms with Crippen molar-refractivity contribution in [3.63, 3.8) is 0 Å². The predicted octanol–water partition coefficient (Wildman–Crippen LogP) is 3.12. The maximum Gasteiger partial charge on any atom is 0.223 e. The van der Waals surface area contributed by atoms with Gasteiger partial charge in [0.2, 0.25) is 5.91 Å². The molecule has 0 unspecified atom stereocenters. The molecule has 1 aliphatic carbocycles. The molecule has 0 aliphatic heterocycles. The average molecular weight is 290 g/mol. The number of rotatable bonds is 5. The fourth-order valence-corrected chi connectivity index (χ4v) is 2.71. The highest BCUT2D eigenvalue weighted by Gasteiger charge is 2.27. The Labute approximate surface area is 127 Å². The van der Waals surface area contributed by atoms with Crippen LogP contribution in [-0.2, 0) is 4.79 Å². The zero-order valence-corrected chi connectivity index (χ0v) is 13.0. The number of anilines is 1. The molecular weight excluding hydrogens is 264 g/mol. The molecule has 1 amide bonds. The van der Waals surface area contributed by atoms with Crippen LogP contribution in [0.4, 0.5) is 5.69 Å². The monoisotopic (exact) mass is 290 g/mol. The van der Waals surface area contributed by atoms with Crippen molar-refractivity contribution in [2.45, 2.75) is 52.0 Å². The number of benzene rings is 1. The molecule has 4 nitrogen and oxygen atoms in total. The maximum absolute atomic E-state index is 11.9. The molecular formula is C17H26N2O2. The molecule has 0 spiro atoms. The minimum Gasteiger partial charge on any atom is -0.493 e. The van der Waals surface area contributed by atoms with E-state index in [9.17, 15) is 4.79 Å². The Bertz CT molecular complexity index is 475. The van der Waals surface area contributed by atoms with Crippen molar-refractivity contribution in [2.75, 3.05) is 12.3 Å². The molecule has 4 heteroatoms. The Morgan fingerprint density at radius 3 is 2.76 bits per heavy atom. The van der Waals surface area contributed by atoms with E-state index < -0.39 is 0 Å². The summed E-state index contributed by atoms with van der Waals surface area (Å²) in [6.07, 6.45) is 4.90. The second-order valence-electron chi connectivity index (χ2n) is 6.68. The third kappa shape index (κ3) is 5.29. The molecule has 1 aliphatic rings. The van der Waals surface area contributed by atoms with Crippen LogP contribution >= 0.6 is 0 Å². The fourth-order valence-electron chi connectivity index (χ4n) is 2.71. The van der Waals surface area contributed by atoms with Crippen LogP contribution in [0.15, 0.2) is 24.3 Å². The van der Waals surface area contributed by atoms with E-state index in [2.05, 4.69) is 19.2 Å². The zero-order valence-electron chi connectivity index (χ0n) is 13.0. The van der Waals surface area contributed by atoms with Crippen LogP contribution < -0.4 is 15.8 Å². The van der Waals surface area contributed by atoms with E-state index in [0.717, 1.165) is 12.8 Å². The molecule has 1 aromatic rings. The summed E-state index contributed by atoms with van der Waals surface area (Å²) in [6.45, 7) is 4.97. The van der Waals surface area contributed by atoms with Crippen LogP contribution in [0.5, 0.6) is 5.75 Å². The van der Waals surface area contributed by atoms with Gasteiger partial charge in [-0.3, -0.25) is 4.79 Å². The summed E-state index contributed by atoms with van der Waals surface area (Å²) in [5.41, 5.74) is 6.77. The van der Waals surface area contributed by atoms with E-state index in [0.29, 0.717) is 35.9 Å². The molecule has 2 rings (SSSR count). The Morgan fingerprint density at radius 2 is 2.10 bits per heavy atom. The first-order chi connectivity index (χ1) is 9.94. The lowest BCUT2D eigenvalue weighted by atomic mass is 9.75. The number of carbonyl (C=O) groups is 1. The van der Waals surface area contributed by atoms with Crippen LogP contribution in [0.25, 0.3) is 0 Å². The van der Waals surface area contributed by atoms with Gasteiger partial charge >= 0.3 is 0 Å². The van der Waals surface area contributed by atoms with Gasteiger partial charge in [0, 0.05) is 17.8 Å². The van der Waals surface area contributed by atoms with Gasteiger partial charge < -0.3 is 15.8 Å². The largest absolute Gasteiger partial charge is 0.493 e. The van der Waals surface area contributed by atoms with Crippen molar-refractivity contribution < 1.29 is 9.53 Å². The number of nitrogen functional groups attached to an aromatic ring is 1. The molecule has 1 saturated carbocycles. The maximum atomic E-state index is 11.9. The van der Waals surface area contributed by atoms with Gasteiger partial charge in [0.05, 0.1) is 13.0 Å². The van der Waals surface area contributed by atoms with E-state index >= 15 is 0 Å². The van der Waals surface area contributed by atoms with Crippen molar-refractivity contribution in [1.82, 2.24) is 5.32 Å². The number of hydrogen-bond acceptors (Lipinski definition) is 3.